The minimum atomic E-state index is -4.23. The third-order valence-corrected chi connectivity index (χ3v) is 9.26. The smallest absolute Gasteiger partial charge is 0.413 e. The number of esters is 3. The van der Waals surface area contributed by atoms with Gasteiger partial charge in [-0.3, -0.25) is 19.3 Å². The molecule has 54 heavy (non-hydrogen) atoms. The average Bonchev–Trinajstić information content (AvgIpc) is 3.61. The normalized spacial score (nSPS) is 12.0. The second kappa shape index (κ2) is 20.2. The Morgan fingerprint density at radius 3 is 2.17 bits per heavy atom. The lowest BCUT2D eigenvalue weighted by molar-refractivity contribution is -0.156. The summed E-state index contributed by atoms with van der Waals surface area (Å²) in [5.41, 5.74) is -0.388. The number of nitrogens with one attached hydrogen (secondary N) is 1. The van der Waals surface area contributed by atoms with Crippen LogP contribution in [0.15, 0.2) is 64.1 Å². The molecule has 15 nitrogen and oxygen atoms in total. The van der Waals surface area contributed by atoms with Gasteiger partial charge in [-0.15, -0.1) is 0 Å². The van der Waals surface area contributed by atoms with Gasteiger partial charge < -0.3 is 28.7 Å². The van der Waals surface area contributed by atoms with Crippen LogP contribution in [-0.4, -0.2) is 74.7 Å². The van der Waals surface area contributed by atoms with Gasteiger partial charge in [0.05, 0.1) is 61.2 Å². The summed E-state index contributed by atoms with van der Waals surface area (Å²) in [4.78, 5) is 63.9. The van der Waals surface area contributed by atoms with Crippen LogP contribution in [0.5, 0.6) is 0 Å². The predicted octanol–water partition coefficient (Wildman–Crippen LogP) is 6.51. The number of nitrogens with two attached hydrogens (primary N) is 1. The number of carbonyl (C=O) groups excluding carboxylic acids is 5. The third kappa shape index (κ3) is 13.6. The fourth-order valence-electron chi connectivity index (χ4n) is 5.07. The number of unbranched alkanes of at least 4 members (excludes halogenated alkanes) is 2. The number of furan rings is 1. The van der Waals surface area contributed by atoms with Crippen LogP contribution in [0, 0.1) is 0 Å². The first-order valence-electron chi connectivity index (χ1n) is 16.7. The number of benzene rings is 2. The first kappa shape index (κ1) is 43.8. The number of sulfonamides is 1. The maximum absolute atomic E-state index is 13.1. The second-order valence-corrected chi connectivity index (χ2v) is 15.2. The quantitative estimate of drug-likeness (QED) is 0.0436. The van der Waals surface area contributed by atoms with Gasteiger partial charge in [-0.2, -0.15) is 0 Å². The molecule has 294 valence electrons. The van der Waals surface area contributed by atoms with Gasteiger partial charge in [0, 0.05) is 16.1 Å². The van der Waals surface area contributed by atoms with Crippen LogP contribution in [0.3, 0.4) is 0 Å². The fourth-order valence-corrected chi connectivity index (χ4v) is 6.36. The van der Waals surface area contributed by atoms with E-state index in [1.165, 1.54) is 23.3 Å². The molecule has 0 saturated heterocycles. The molecule has 2 aromatic carbocycles. The molecule has 1 unspecified atom stereocenters. The number of rotatable bonds is 19. The molecule has 0 aliphatic heterocycles. The van der Waals surface area contributed by atoms with Gasteiger partial charge in [0.2, 0.25) is 16.8 Å². The van der Waals surface area contributed by atoms with E-state index in [1.54, 1.807) is 58.0 Å². The van der Waals surface area contributed by atoms with Gasteiger partial charge in [-0.25, -0.2) is 23.1 Å². The van der Waals surface area contributed by atoms with Crippen molar-refractivity contribution in [2.24, 2.45) is 5.14 Å². The first-order valence-corrected chi connectivity index (χ1v) is 19.1. The summed E-state index contributed by atoms with van der Waals surface area (Å²) in [7, 11) is -4.23. The van der Waals surface area contributed by atoms with Gasteiger partial charge in [0.25, 0.3) is 0 Å². The molecule has 0 spiro atoms. The number of Topliss-reactive ketones (excluding diaryl/α,β-unsaturated/α-hetero) is 1. The van der Waals surface area contributed by atoms with Crippen molar-refractivity contribution in [1.82, 2.24) is 4.90 Å². The Balaban J connectivity index is 1.35. The molecule has 3 rings (SSSR count). The maximum Gasteiger partial charge on any atom is 0.413 e. The van der Waals surface area contributed by atoms with Crippen LogP contribution in [0.4, 0.5) is 10.5 Å². The first-order chi connectivity index (χ1) is 25.4. The molecule has 0 fully saturated rings. The number of hydrogen-bond acceptors (Lipinski definition) is 13. The van der Waals surface area contributed by atoms with E-state index in [4.69, 9.17) is 51.7 Å². The van der Waals surface area contributed by atoms with E-state index in [2.05, 4.69) is 5.32 Å². The second-order valence-electron chi connectivity index (χ2n) is 12.9. The molecule has 1 amide bonds. The van der Waals surface area contributed by atoms with E-state index >= 15 is 0 Å². The van der Waals surface area contributed by atoms with Gasteiger partial charge in [0.1, 0.15) is 10.7 Å². The molecule has 0 bridgehead atoms. The number of nitrogens with zero attached hydrogens (tertiary/aromatic N) is 1. The van der Waals surface area contributed by atoms with E-state index in [0.29, 0.717) is 35.6 Å². The predicted molar refractivity (Wildman–Crippen MR) is 197 cm³/mol. The average molecular weight is 813 g/mol. The summed E-state index contributed by atoms with van der Waals surface area (Å²) < 4.78 is 49.8. The van der Waals surface area contributed by atoms with E-state index in [1.807, 2.05) is 0 Å². The number of halogens is 2. The van der Waals surface area contributed by atoms with Crippen LogP contribution in [0.25, 0.3) is 0 Å². The highest BCUT2D eigenvalue weighted by molar-refractivity contribution is 7.89. The zero-order valence-electron chi connectivity index (χ0n) is 30.2. The number of anilines is 1. The lowest BCUT2D eigenvalue weighted by Crippen LogP contribution is -2.53. The number of primary sulfonamides is 1. The Hall–Kier alpha value is -4.64. The molecule has 18 heteroatoms. The molecule has 1 heterocycles. The summed E-state index contributed by atoms with van der Waals surface area (Å²) >= 11 is 12.1. The standard InChI is InChI=1S/C36H43Cl2N3O12S/c1-23(33(44)24-10-8-11-25(37)18-24)41(36(2,3)4)35(46)53-22-52-32(43)14-13-31(42)50-15-6-5-7-16-51-34(45)27-19-30(54(39,47)48)28(38)20-29(27)40-21-26-12-9-17-49-26/h8-12,17-20,23,40H,5-7,13-16,21-22H2,1-4H3,(H2,39,47,48). The zero-order valence-corrected chi connectivity index (χ0v) is 32.6. The Labute approximate surface area is 323 Å². The lowest BCUT2D eigenvalue weighted by Gasteiger charge is -2.38. The van der Waals surface area contributed by atoms with Gasteiger partial charge in [-0.1, -0.05) is 35.3 Å². The van der Waals surface area contributed by atoms with Crippen LogP contribution < -0.4 is 10.5 Å². The zero-order chi connectivity index (χ0) is 40.1. The van der Waals surface area contributed by atoms with E-state index < -0.39 is 57.3 Å². The molecule has 3 N–H and O–H groups in total. The Morgan fingerprint density at radius 1 is 0.889 bits per heavy atom. The largest absolute Gasteiger partial charge is 0.467 e. The van der Waals surface area contributed by atoms with E-state index in [9.17, 15) is 32.4 Å². The van der Waals surface area contributed by atoms with Gasteiger partial charge in [0.15, 0.2) is 5.78 Å². The van der Waals surface area contributed by atoms with Crippen molar-refractivity contribution in [2.45, 2.75) is 82.8 Å². The van der Waals surface area contributed by atoms with Crippen molar-refractivity contribution in [3.05, 3.63) is 81.7 Å². The molecule has 0 aliphatic carbocycles. The summed E-state index contributed by atoms with van der Waals surface area (Å²) in [6.45, 7) is 6.21. The van der Waals surface area contributed by atoms with Crippen molar-refractivity contribution in [1.29, 1.82) is 0 Å². The SMILES string of the molecule is CC(C(=O)c1cccc(Cl)c1)N(C(=O)OCOC(=O)CCC(=O)OCCCCCOC(=O)c1cc(S(N)(=O)=O)c(Cl)cc1NCc1ccco1)C(C)(C)C. The summed E-state index contributed by atoms with van der Waals surface area (Å²) in [5.74, 6) is -2.06. The number of hydrogen-bond donors (Lipinski definition) is 2. The topological polar surface area (TPSA) is 211 Å². The summed E-state index contributed by atoms with van der Waals surface area (Å²) in [5, 5.41) is 8.41. The highest BCUT2D eigenvalue weighted by Gasteiger charge is 2.36. The highest BCUT2D eigenvalue weighted by atomic mass is 35.5. The van der Waals surface area contributed by atoms with Gasteiger partial charge >= 0.3 is 24.0 Å². The van der Waals surface area contributed by atoms with Crippen LogP contribution in [-0.2, 0) is 45.1 Å². The molecule has 1 aromatic heterocycles. The maximum atomic E-state index is 13.1. The number of carbonyl (C=O) groups is 5. The molecular weight excluding hydrogens is 769 g/mol. The molecule has 0 saturated carbocycles. The number of ether oxygens (including phenoxy) is 4. The summed E-state index contributed by atoms with van der Waals surface area (Å²) in [6.07, 6.45) is 1.34. The molecule has 1 atom stereocenters. The van der Waals surface area contributed by atoms with Crippen molar-refractivity contribution in [3.8, 4) is 0 Å². The third-order valence-electron chi connectivity index (χ3n) is 7.65. The lowest BCUT2D eigenvalue weighted by atomic mass is 9.98. The minimum Gasteiger partial charge on any atom is -0.467 e. The van der Waals surface area contributed by atoms with Crippen molar-refractivity contribution >= 4 is 68.7 Å². The van der Waals surface area contributed by atoms with Crippen LogP contribution in [0.1, 0.15) is 86.3 Å². The highest BCUT2D eigenvalue weighted by Crippen LogP contribution is 2.29. The molecule has 0 radical (unpaired) electrons. The van der Waals surface area contributed by atoms with Crippen molar-refractivity contribution in [3.63, 3.8) is 0 Å². The Bertz CT molecular complexity index is 1900. The fraction of sp³-hybridized carbons (Fsp3) is 0.417. The van der Waals surface area contributed by atoms with Crippen molar-refractivity contribution < 1.29 is 55.8 Å². The number of ketones is 1. The van der Waals surface area contributed by atoms with Crippen molar-refractivity contribution in [2.75, 3.05) is 25.3 Å². The monoisotopic (exact) mass is 811 g/mol. The Kier molecular flexibility index (Phi) is 16.3. The van der Waals surface area contributed by atoms with E-state index in [0.717, 1.165) is 6.07 Å². The van der Waals surface area contributed by atoms with Crippen LogP contribution >= 0.6 is 23.2 Å². The molecular formula is C36H43Cl2N3O12S. The minimum absolute atomic E-state index is 0.0151. The van der Waals surface area contributed by atoms with Gasteiger partial charge in [-0.05, 0) is 83.4 Å². The summed E-state index contributed by atoms with van der Waals surface area (Å²) in [6, 6.07) is 11.1. The number of amides is 1. The van der Waals surface area contributed by atoms with E-state index in [-0.39, 0.29) is 54.7 Å². The Morgan fingerprint density at radius 2 is 1.56 bits per heavy atom. The molecule has 0 aliphatic rings. The molecule has 3 aromatic rings. The van der Waals surface area contributed by atoms with Crippen LogP contribution in [0.2, 0.25) is 10.0 Å².